The fourth-order valence-corrected chi connectivity index (χ4v) is 3.26. The maximum absolute atomic E-state index is 12.3. The Balaban J connectivity index is 2.24. The quantitative estimate of drug-likeness (QED) is 0.894. The van der Waals surface area contributed by atoms with Gasteiger partial charge in [0.15, 0.2) is 0 Å². The summed E-state index contributed by atoms with van der Waals surface area (Å²) in [4.78, 5) is 0.208. The third kappa shape index (κ3) is 2.48. The standard InChI is InChI=1S/C12H19N5O2S/c1-8-11(9(2)17(5)15-8)6-14-20(18,19)12-7-13-16(4)10(12)3/h7,14H,6H2,1-5H3. The van der Waals surface area contributed by atoms with Gasteiger partial charge in [-0.2, -0.15) is 10.2 Å². The molecule has 0 radical (unpaired) electrons. The van der Waals surface area contributed by atoms with Crippen molar-refractivity contribution < 1.29 is 8.42 Å². The molecular formula is C12H19N5O2S. The molecule has 110 valence electrons. The highest BCUT2D eigenvalue weighted by Crippen LogP contribution is 2.16. The second-order valence-electron chi connectivity index (χ2n) is 4.82. The monoisotopic (exact) mass is 297 g/mol. The summed E-state index contributed by atoms with van der Waals surface area (Å²) in [5.41, 5.74) is 3.29. The van der Waals surface area contributed by atoms with Crippen LogP contribution in [-0.4, -0.2) is 28.0 Å². The van der Waals surface area contributed by atoms with Gasteiger partial charge < -0.3 is 0 Å². The maximum Gasteiger partial charge on any atom is 0.244 e. The number of hydrogen-bond acceptors (Lipinski definition) is 4. The van der Waals surface area contributed by atoms with Crippen LogP contribution in [-0.2, 0) is 30.7 Å². The van der Waals surface area contributed by atoms with E-state index in [1.807, 2.05) is 20.9 Å². The third-order valence-electron chi connectivity index (χ3n) is 3.58. The summed E-state index contributed by atoms with van der Waals surface area (Å²) in [6.45, 7) is 5.73. The van der Waals surface area contributed by atoms with Gasteiger partial charge in [-0.25, -0.2) is 13.1 Å². The Morgan fingerprint density at radius 2 is 1.80 bits per heavy atom. The van der Waals surface area contributed by atoms with Gasteiger partial charge in [0.1, 0.15) is 4.90 Å². The van der Waals surface area contributed by atoms with Crippen molar-refractivity contribution in [3.05, 3.63) is 28.8 Å². The van der Waals surface area contributed by atoms with E-state index < -0.39 is 10.0 Å². The highest BCUT2D eigenvalue weighted by Gasteiger charge is 2.21. The normalized spacial score (nSPS) is 12.1. The Bertz CT molecular complexity index is 742. The van der Waals surface area contributed by atoms with Crippen LogP contribution < -0.4 is 4.72 Å². The fraction of sp³-hybridized carbons (Fsp3) is 0.500. The molecule has 0 aliphatic rings. The van der Waals surface area contributed by atoms with E-state index >= 15 is 0 Å². The Morgan fingerprint density at radius 3 is 2.25 bits per heavy atom. The molecule has 1 N–H and O–H groups in total. The molecular weight excluding hydrogens is 278 g/mol. The predicted octanol–water partition coefficient (Wildman–Crippen LogP) is 0.557. The van der Waals surface area contributed by atoms with Crippen LogP contribution in [0.3, 0.4) is 0 Å². The van der Waals surface area contributed by atoms with Crippen LogP contribution in [0.5, 0.6) is 0 Å². The molecule has 20 heavy (non-hydrogen) atoms. The average Bonchev–Trinajstić information content (AvgIpc) is 2.81. The molecule has 7 nitrogen and oxygen atoms in total. The molecule has 0 fully saturated rings. The van der Waals surface area contributed by atoms with E-state index in [0.717, 1.165) is 17.0 Å². The Hall–Kier alpha value is -1.67. The SMILES string of the molecule is Cc1nn(C)c(C)c1CNS(=O)(=O)c1cnn(C)c1C. The van der Waals surface area contributed by atoms with Crippen LogP contribution >= 0.6 is 0 Å². The fourth-order valence-electron chi connectivity index (χ4n) is 2.06. The smallest absolute Gasteiger partial charge is 0.244 e. The third-order valence-corrected chi connectivity index (χ3v) is 5.08. The molecule has 8 heteroatoms. The predicted molar refractivity (Wildman–Crippen MR) is 74.7 cm³/mol. The van der Waals surface area contributed by atoms with Gasteiger partial charge in [0.25, 0.3) is 0 Å². The molecule has 0 unspecified atom stereocenters. The van der Waals surface area contributed by atoms with Crippen molar-refractivity contribution in [3.8, 4) is 0 Å². The van der Waals surface area contributed by atoms with Crippen molar-refractivity contribution in [1.82, 2.24) is 24.3 Å². The first-order valence-corrected chi connectivity index (χ1v) is 7.69. The van der Waals surface area contributed by atoms with Crippen molar-refractivity contribution in [1.29, 1.82) is 0 Å². The van der Waals surface area contributed by atoms with Gasteiger partial charge in [0.2, 0.25) is 10.0 Å². The molecule has 0 aliphatic carbocycles. The van der Waals surface area contributed by atoms with Gasteiger partial charge in [-0.3, -0.25) is 9.36 Å². The van der Waals surface area contributed by atoms with Gasteiger partial charge >= 0.3 is 0 Å². The first kappa shape index (κ1) is 14.7. The summed E-state index contributed by atoms with van der Waals surface area (Å²) < 4.78 is 30.4. The Kier molecular flexibility index (Phi) is 3.70. The lowest BCUT2D eigenvalue weighted by Crippen LogP contribution is -2.24. The average molecular weight is 297 g/mol. The van der Waals surface area contributed by atoms with Crippen LogP contribution in [0.4, 0.5) is 0 Å². The summed E-state index contributed by atoms with van der Waals surface area (Å²) in [5, 5.41) is 8.23. The molecule has 0 spiro atoms. The number of aromatic nitrogens is 4. The minimum atomic E-state index is -3.56. The van der Waals surface area contributed by atoms with Crippen molar-refractivity contribution in [3.63, 3.8) is 0 Å². The lowest BCUT2D eigenvalue weighted by molar-refractivity contribution is 0.580. The summed E-state index contributed by atoms with van der Waals surface area (Å²) in [6, 6.07) is 0. The number of nitrogens with one attached hydrogen (secondary N) is 1. The summed E-state index contributed by atoms with van der Waals surface area (Å²) in [6.07, 6.45) is 1.36. The summed E-state index contributed by atoms with van der Waals surface area (Å²) >= 11 is 0. The molecule has 2 aromatic rings. The lowest BCUT2D eigenvalue weighted by atomic mass is 10.2. The maximum atomic E-state index is 12.3. The second-order valence-corrected chi connectivity index (χ2v) is 6.55. The highest BCUT2D eigenvalue weighted by molar-refractivity contribution is 7.89. The largest absolute Gasteiger partial charge is 0.272 e. The van der Waals surface area contributed by atoms with Crippen LogP contribution in [0.15, 0.2) is 11.1 Å². The van der Waals surface area contributed by atoms with Crippen LogP contribution in [0.25, 0.3) is 0 Å². The van der Waals surface area contributed by atoms with Crippen LogP contribution in [0.2, 0.25) is 0 Å². The second kappa shape index (κ2) is 5.02. The first-order valence-electron chi connectivity index (χ1n) is 6.21. The van der Waals surface area contributed by atoms with Gasteiger partial charge in [0, 0.05) is 31.9 Å². The van der Waals surface area contributed by atoms with Crippen LogP contribution in [0, 0.1) is 20.8 Å². The zero-order chi connectivity index (χ0) is 15.1. The Morgan fingerprint density at radius 1 is 1.15 bits per heavy atom. The number of nitrogens with zero attached hydrogens (tertiary/aromatic N) is 4. The molecule has 2 rings (SSSR count). The summed E-state index contributed by atoms with van der Waals surface area (Å²) in [5.74, 6) is 0. The topological polar surface area (TPSA) is 81.8 Å². The lowest BCUT2D eigenvalue weighted by Gasteiger charge is -2.07. The van der Waals surface area contributed by atoms with Crippen molar-refractivity contribution >= 4 is 10.0 Å². The van der Waals surface area contributed by atoms with Crippen molar-refractivity contribution in [2.75, 3.05) is 0 Å². The number of aryl methyl sites for hydroxylation is 3. The number of rotatable bonds is 4. The number of hydrogen-bond donors (Lipinski definition) is 1. The molecule has 0 aromatic carbocycles. The van der Waals surface area contributed by atoms with Crippen molar-refractivity contribution in [2.24, 2.45) is 14.1 Å². The molecule has 2 heterocycles. The Labute approximate surface area is 118 Å². The van der Waals surface area contributed by atoms with Gasteiger partial charge in [0.05, 0.1) is 17.6 Å². The van der Waals surface area contributed by atoms with E-state index in [9.17, 15) is 8.42 Å². The van der Waals surface area contributed by atoms with E-state index in [0.29, 0.717) is 5.69 Å². The van der Waals surface area contributed by atoms with Gasteiger partial charge in [-0.05, 0) is 20.8 Å². The van der Waals surface area contributed by atoms with Crippen LogP contribution in [0.1, 0.15) is 22.6 Å². The molecule has 0 atom stereocenters. The van der Waals surface area contributed by atoms with E-state index in [4.69, 9.17) is 0 Å². The van der Waals surface area contributed by atoms with E-state index in [1.54, 1.807) is 18.7 Å². The molecule has 0 saturated carbocycles. The van der Waals surface area contributed by atoms with E-state index in [1.165, 1.54) is 10.9 Å². The molecule has 0 aliphatic heterocycles. The molecule has 2 aromatic heterocycles. The minimum absolute atomic E-state index is 0.208. The molecule has 0 bridgehead atoms. The zero-order valence-corrected chi connectivity index (χ0v) is 13.1. The van der Waals surface area contributed by atoms with E-state index in [-0.39, 0.29) is 11.4 Å². The first-order chi connectivity index (χ1) is 9.24. The zero-order valence-electron chi connectivity index (χ0n) is 12.3. The van der Waals surface area contributed by atoms with E-state index in [2.05, 4.69) is 14.9 Å². The number of sulfonamides is 1. The van der Waals surface area contributed by atoms with Crippen molar-refractivity contribution in [2.45, 2.75) is 32.2 Å². The van der Waals surface area contributed by atoms with Gasteiger partial charge in [-0.15, -0.1) is 0 Å². The minimum Gasteiger partial charge on any atom is -0.272 e. The van der Waals surface area contributed by atoms with Gasteiger partial charge in [-0.1, -0.05) is 0 Å². The summed E-state index contributed by atoms with van der Waals surface area (Å²) in [7, 11) is -0.0120. The molecule has 0 saturated heterocycles. The highest BCUT2D eigenvalue weighted by atomic mass is 32.2. The molecule has 0 amide bonds.